The van der Waals surface area contributed by atoms with E-state index in [2.05, 4.69) is 30.8 Å². The van der Waals surface area contributed by atoms with Gasteiger partial charge in [-0.2, -0.15) is 9.97 Å². The second-order valence-corrected chi connectivity index (χ2v) is 6.52. The average molecular weight is 417 g/mol. The third-order valence-corrected chi connectivity index (χ3v) is 4.63. The lowest BCUT2D eigenvalue weighted by atomic mass is 10.2. The largest absolute Gasteiger partial charge is 0.497 e. The monoisotopic (exact) mass is 417 g/mol. The molecule has 0 bridgehead atoms. The highest BCUT2D eigenvalue weighted by Gasteiger charge is 2.13. The number of anilines is 1. The van der Waals surface area contributed by atoms with Gasteiger partial charge < -0.3 is 14.2 Å². The van der Waals surface area contributed by atoms with E-state index < -0.39 is 0 Å². The van der Waals surface area contributed by atoms with Gasteiger partial charge in [0.2, 0.25) is 28.8 Å². The van der Waals surface area contributed by atoms with Gasteiger partial charge in [-0.1, -0.05) is 23.9 Å². The first-order valence-corrected chi connectivity index (χ1v) is 9.38. The molecule has 0 saturated carbocycles. The Hall–Kier alpha value is -3.41. The first-order valence-electron chi connectivity index (χ1n) is 8.40. The third kappa shape index (κ3) is 5.54. The molecule has 2 heterocycles. The smallest absolute Gasteiger partial charge is 0.237 e. The number of hydrogen-bond acceptors (Lipinski definition) is 10. The Labute approximate surface area is 170 Å². The molecule has 2 aromatic heterocycles. The van der Waals surface area contributed by atoms with E-state index in [4.69, 9.17) is 14.2 Å². The van der Waals surface area contributed by atoms with Gasteiger partial charge in [0.15, 0.2) is 0 Å². The van der Waals surface area contributed by atoms with Crippen molar-refractivity contribution in [3.8, 4) is 17.5 Å². The van der Waals surface area contributed by atoms with Gasteiger partial charge in [-0.25, -0.2) is 4.68 Å². The maximum atomic E-state index is 12.3. The topological polar surface area (TPSA) is 126 Å². The molecule has 1 aromatic carbocycles. The molecule has 3 aromatic rings. The maximum absolute atomic E-state index is 12.3. The van der Waals surface area contributed by atoms with Gasteiger partial charge in [0.1, 0.15) is 5.75 Å². The third-order valence-electron chi connectivity index (χ3n) is 3.67. The van der Waals surface area contributed by atoms with E-state index >= 15 is 0 Å². The molecule has 3 rings (SSSR count). The summed E-state index contributed by atoms with van der Waals surface area (Å²) in [5, 5.41) is 14.7. The van der Waals surface area contributed by atoms with Crippen LogP contribution in [0.3, 0.4) is 0 Å². The zero-order valence-electron chi connectivity index (χ0n) is 16.0. The van der Waals surface area contributed by atoms with E-state index in [1.165, 1.54) is 32.0 Å². The molecule has 1 N–H and O–H groups in total. The lowest BCUT2D eigenvalue weighted by Gasteiger charge is -2.08. The highest BCUT2D eigenvalue weighted by Crippen LogP contribution is 2.19. The average Bonchev–Trinajstić information content (AvgIpc) is 3.19. The molecule has 0 saturated heterocycles. The number of carbonyl (C=O) groups is 1. The number of nitrogens with zero attached hydrogens (tertiary/aromatic N) is 6. The minimum absolute atomic E-state index is 0.0753. The molecular weight excluding hydrogens is 398 g/mol. The van der Waals surface area contributed by atoms with Crippen LogP contribution in [0.15, 0.2) is 35.5 Å². The second-order valence-electron chi connectivity index (χ2n) is 5.58. The van der Waals surface area contributed by atoms with Crippen molar-refractivity contribution in [1.82, 2.24) is 30.2 Å². The SMILES string of the molecule is COc1ccc(Cn2nnnc2SCC(=O)Nc2nc(OC)cc(OC)n2)cc1. The first-order chi connectivity index (χ1) is 14.1. The van der Waals surface area contributed by atoms with Crippen LogP contribution in [0.5, 0.6) is 17.5 Å². The molecule has 1 amide bonds. The van der Waals surface area contributed by atoms with Crippen LogP contribution < -0.4 is 19.5 Å². The van der Waals surface area contributed by atoms with Crippen molar-refractivity contribution in [2.24, 2.45) is 0 Å². The summed E-state index contributed by atoms with van der Waals surface area (Å²) in [7, 11) is 4.54. The molecular formula is C17H19N7O4S. The Kier molecular flexibility index (Phi) is 6.79. The van der Waals surface area contributed by atoms with Gasteiger partial charge in [-0.05, 0) is 28.1 Å². The molecule has 0 aliphatic heterocycles. The highest BCUT2D eigenvalue weighted by atomic mass is 32.2. The number of carbonyl (C=O) groups excluding carboxylic acids is 1. The number of methoxy groups -OCH3 is 3. The summed E-state index contributed by atoms with van der Waals surface area (Å²) in [6.45, 7) is 0.469. The van der Waals surface area contributed by atoms with Crippen LogP contribution in [0.2, 0.25) is 0 Å². The van der Waals surface area contributed by atoms with Gasteiger partial charge >= 0.3 is 0 Å². The number of aromatic nitrogens is 6. The summed E-state index contributed by atoms with van der Waals surface area (Å²) in [5.74, 6) is 1.18. The van der Waals surface area contributed by atoms with Crippen molar-refractivity contribution in [3.63, 3.8) is 0 Å². The van der Waals surface area contributed by atoms with Crippen molar-refractivity contribution in [3.05, 3.63) is 35.9 Å². The summed E-state index contributed by atoms with van der Waals surface area (Å²) in [6.07, 6.45) is 0. The molecule has 29 heavy (non-hydrogen) atoms. The molecule has 0 unspecified atom stereocenters. The Morgan fingerprint density at radius 1 is 1.07 bits per heavy atom. The van der Waals surface area contributed by atoms with E-state index in [1.807, 2.05) is 24.3 Å². The quantitative estimate of drug-likeness (QED) is 0.509. The molecule has 152 valence electrons. The van der Waals surface area contributed by atoms with Crippen molar-refractivity contribution in [1.29, 1.82) is 0 Å². The fourth-order valence-corrected chi connectivity index (χ4v) is 2.94. The van der Waals surface area contributed by atoms with Gasteiger partial charge in [0, 0.05) is 0 Å². The van der Waals surface area contributed by atoms with Crippen molar-refractivity contribution in [2.45, 2.75) is 11.7 Å². The molecule has 0 aliphatic rings. The van der Waals surface area contributed by atoms with Gasteiger partial charge in [0.25, 0.3) is 0 Å². The summed E-state index contributed by atoms with van der Waals surface area (Å²) >= 11 is 1.20. The minimum atomic E-state index is -0.315. The van der Waals surface area contributed by atoms with Crippen LogP contribution in [0, 0.1) is 0 Å². The fourth-order valence-electron chi connectivity index (χ4n) is 2.26. The number of tetrazole rings is 1. The number of benzene rings is 1. The van der Waals surface area contributed by atoms with Gasteiger partial charge in [0.05, 0.1) is 39.7 Å². The Balaban J connectivity index is 1.59. The van der Waals surface area contributed by atoms with Crippen LogP contribution in [0.25, 0.3) is 0 Å². The molecule has 0 spiro atoms. The highest BCUT2D eigenvalue weighted by molar-refractivity contribution is 7.99. The number of rotatable bonds is 9. The van der Waals surface area contributed by atoms with Crippen LogP contribution in [-0.2, 0) is 11.3 Å². The lowest BCUT2D eigenvalue weighted by molar-refractivity contribution is -0.113. The summed E-state index contributed by atoms with van der Waals surface area (Å²) in [6, 6.07) is 9.09. The number of ether oxygens (including phenoxy) is 3. The summed E-state index contributed by atoms with van der Waals surface area (Å²) in [4.78, 5) is 20.4. The fraction of sp³-hybridized carbons (Fsp3) is 0.294. The van der Waals surface area contributed by atoms with Gasteiger partial charge in [-0.15, -0.1) is 5.10 Å². The number of hydrogen-bond donors (Lipinski definition) is 1. The zero-order chi connectivity index (χ0) is 20.6. The first kappa shape index (κ1) is 20.3. The summed E-state index contributed by atoms with van der Waals surface area (Å²) < 4.78 is 16.9. The van der Waals surface area contributed by atoms with E-state index in [1.54, 1.807) is 11.8 Å². The molecule has 12 heteroatoms. The summed E-state index contributed by atoms with van der Waals surface area (Å²) in [5.41, 5.74) is 1.00. The Morgan fingerprint density at radius 3 is 2.38 bits per heavy atom. The molecule has 0 radical (unpaired) electrons. The van der Waals surface area contributed by atoms with Crippen LogP contribution in [0.1, 0.15) is 5.56 Å². The maximum Gasteiger partial charge on any atom is 0.237 e. The normalized spacial score (nSPS) is 10.4. The standard InChI is InChI=1S/C17H19N7O4S/c1-26-12-6-4-11(5-7-12)9-24-17(21-22-23-24)29-10-13(25)18-16-19-14(27-2)8-15(20-16)28-3/h4-8H,9-10H2,1-3H3,(H,18,19,20,25). The molecule has 0 aliphatic carbocycles. The molecule has 0 fully saturated rings. The van der Waals surface area contributed by atoms with E-state index in [-0.39, 0.29) is 29.4 Å². The minimum Gasteiger partial charge on any atom is -0.497 e. The van der Waals surface area contributed by atoms with E-state index in [9.17, 15) is 4.79 Å². The number of thioether (sulfide) groups is 1. The van der Waals surface area contributed by atoms with Crippen molar-refractivity contribution < 1.29 is 19.0 Å². The molecule has 11 nitrogen and oxygen atoms in total. The Bertz CT molecular complexity index is 942. The number of nitrogens with one attached hydrogen (secondary N) is 1. The van der Waals surface area contributed by atoms with Crippen molar-refractivity contribution >= 4 is 23.6 Å². The number of amides is 1. The van der Waals surface area contributed by atoms with Crippen LogP contribution >= 0.6 is 11.8 Å². The van der Waals surface area contributed by atoms with Gasteiger partial charge in [-0.3, -0.25) is 10.1 Å². The second kappa shape index (κ2) is 9.68. The van der Waals surface area contributed by atoms with Crippen molar-refractivity contribution in [2.75, 3.05) is 32.4 Å². The van der Waals surface area contributed by atoms with Crippen LogP contribution in [0.4, 0.5) is 5.95 Å². The van der Waals surface area contributed by atoms with E-state index in [0.29, 0.717) is 11.7 Å². The predicted molar refractivity (Wildman–Crippen MR) is 104 cm³/mol. The zero-order valence-corrected chi connectivity index (χ0v) is 16.8. The lowest BCUT2D eigenvalue weighted by Crippen LogP contribution is -2.17. The van der Waals surface area contributed by atoms with E-state index in [0.717, 1.165) is 11.3 Å². The predicted octanol–water partition coefficient (Wildman–Crippen LogP) is 1.27. The Morgan fingerprint density at radius 2 is 1.76 bits per heavy atom. The van der Waals surface area contributed by atoms with Crippen LogP contribution in [-0.4, -0.2) is 63.2 Å². The molecule has 0 atom stereocenters.